The Morgan fingerprint density at radius 3 is 2.38 bits per heavy atom. The average molecular weight is 184 g/mol. The Kier molecular flexibility index (Phi) is 6.51. The second-order valence-corrected chi connectivity index (χ2v) is 3.10. The second-order valence-electron chi connectivity index (χ2n) is 3.10. The summed E-state index contributed by atoms with van der Waals surface area (Å²) in [4.78, 5) is 11.5. The molecule has 0 spiro atoms. The minimum atomic E-state index is -0.228. The van der Waals surface area contributed by atoms with Gasteiger partial charge < -0.3 is 4.74 Å². The Hall–Kier alpha value is -0.630. The molecule has 0 saturated heterocycles. The highest BCUT2D eigenvalue weighted by atomic mass is 16.5. The van der Waals surface area contributed by atoms with Crippen LogP contribution >= 0.6 is 0 Å². The molecule has 76 valence electrons. The maximum absolute atomic E-state index is 11.5. The molecule has 1 unspecified atom stereocenters. The van der Waals surface area contributed by atoms with E-state index in [1.807, 2.05) is 20.8 Å². The smallest absolute Gasteiger partial charge is 0.165 e. The lowest BCUT2D eigenvalue weighted by Crippen LogP contribution is -2.23. The monoisotopic (exact) mass is 184 g/mol. The van der Waals surface area contributed by atoms with Crippen molar-refractivity contribution in [3.8, 4) is 0 Å². The summed E-state index contributed by atoms with van der Waals surface area (Å²) in [5.41, 5.74) is 0.989. The summed E-state index contributed by atoms with van der Waals surface area (Å²) in [5.74, 6) is 0.163. The van der Waals surface area contributed by atoms with Crippen LogP contribution < -0.4 is 0 Å². The van der Waals surface area contributed by atoms with E-state index in [1.54, 1.807) is 0 Å². The van der Waals surface area contributed by atoms with Crippen molar-refractivity contribution in [2.24, 2.45) is 0 Å². The van der Waals surface area contributed by atoms with Gasteiger partial charge in [-0.3, -0.25) is 4.79 Å². The van der Waals surface area contributed by atoms with Crippen molar-refractivity contribution in [2.45, 2.75) is 46.1 Å². The predicted molar refractivity (Wildman–Crippen MR) is 54.8 cm³/mol. The van der Waals surface area contributed by atoms with Crippen molar-refractivity contribution in [3.05, 3.63) is 12.2 Å². The van der Waals surface area contributed by atoms with E-state index in [4.69, 9.17) is 4.74 Å². The van der Waals surface area contributed by atoms with Gasteiger partial charge in [0.25, 0.3) is 0 Å². The fourth-order valence-electron chi connectivity index (χ4n) is 1.12. The molecule has 0 fully saturated rings. The molecule has 0 aliphatic heterocycles. The molecule has 0 aliphatic carbocycles. The summed E-state index contributed by atoms with van der Waals surface area (Å²) in [6.45, 7) is 10.3. The van der Waals surface area contributed by atoms with Crippen LogP contribution in [0.25, 0.3) is 0 Å². The highest BCUT2D eigenvalue weighted by Gasteiger charge is 2.16. The molecule has 0 aromatic heterocycles. The van der Waals surface area contributed by atoms with Gasteiger partial charge in [-0.15, -0.1) is 0 Å². The fraction of sp³-hybridized carbons (Fsp3) is 0.727. The lowest BCUT2D eigenvalue weighted by Gasteiger charge is -2.13. The van der Waals surface area contributed by atoms with E-state index in [0.717, 1.165) is 18.4 Å². The molecule has 0 rings (SSSR count). The number of ether oxygens (including phenoxy) is 1. The van der Waals surface area contributed by atoms with Gasteiger partial charge in [0.15, 0.2) is 5.78 Å². The summed E-state index contributed by atoms with van der Waals surface area (Å²) in [6.07, 6.45) is 1.86. The number of carbonyl (C=O) groups excluding carboxylic acids is 1. The van der Waals surface area contributed by atoms with Gasteiger partial charge in [-0.1, -0.05) is 26.0 Å². The summed E-state index contributed by atoms with van der Waals surface area (Å²) < 4.78 is 5.31. The van der Waals surface area contributed by atoms with Gasteiger partial charge >= 0.3 is 0 Å². The first-order valence-electron chi connectivity index (χ1n) is 4.96. The van der Waals surface area contributed by atoms with E-state index in [-0.39, 0.29) is 11.9 Å². The Morgan fingerprint density at radius 2 is 2.00 bits per heavy atom. The van der Waals surface area contributed by atoms with Crippen molar-refractivity contribution in [1.82, 2.24) is 0 Å². The fourth-order valence-corrected chi connectivity index (χ4v) is 1.12. The number of ketones is 1. The van der Waals surface area contributed by atoms with Gasteiger partial charge in [-0.05, 0) is 19.8 Å². The Bertz CT molecular complexity index is 173. The predicted octanol–water partition coefficient (Wildman–Crippen LogP) is 2.73. The van der Waals surface area contributed by atoms with Crippen LogP contribution in [0.4, 0.5) is 0 Å². The second kappa shape index (κ2) is 6.84. The Labute approximate surface area is 81.0 Å². The molecule has 13 heavy (non-hydrogen) atoms. The minimum absolute atomic E-state index is 0.163. The zero-order valence-electron chi connectivity index (χ0n) is 8.93. The third kappa shape index (κ3) is 4.83. The molecule has 0 aromatic carbocycles. The lowest BCUT2D eigenvalue weighted by atomic mass is 10.0. The van der Waals surface area contributed by atoms with Crippen LogP contribution in [0.5, 0.6) is 0 Å². The van der Waals surface area contributed by atoms with Crippen molar-refractivity contribution >= 4 is 5.78 Å². The van der Waals surface area contributed by atoms with Gasteiger partial charge in [0.2, 0.25) is 0 Å². The first kappa shape index (κ1) is 12.4. The molecule has 0 aromatic rings. The highest BCUT2D eigenvalue weighted by molar-refractivity contribution is 5.85. The normalized spacial score (nSPS) is 12.5. The molecule has 0 amide bonds. The van der Waals surface area contributed by atoms with Crippen LogP contribution in [0.2, 0.25) is 0 Å². The lowest BCUT2D eigenvalue weighted by molar-refractivity contribution is -0.129. The first-order valence-corrected chi connectivity index (χ1v) is 4.96. The summed E-state index contributed by atoms with van der Waals surface area (Å²) >= 11 is 0. The maximum Gasteiger partial charge on any atom is 0.165 e. The molecule has 2 nitrogen and oxygen atoms in total. The standard InChI is InChI=1S/C11H20O2/c1-5-9(4)8-10(12)11(6-2)13-7-3/h11H,4-8H2,1-3H3. The quantitative estimate of drug-likeness (QED) is 0.569. The number of carbonyl (C=O) groups is 1. The summed E-state index contributed by atoms with van der Waals surface area (Å²) in [6, 6.07) is 0. The largest absolute Gasteiger partial charge is 0.371 e. The SMILES string of the molecule is C=C(CC)CC(=O)C(CC)OCC. The number of rotatable bonds is 7. The van der Waals surface area contributed by atoms with E-state index in [0.29, 0.717) is 13.0 Å². The van der Waals surface area contributed by atoms with Gasteiger partial charge in [0.05, 0.1) is 0 Å². The maximum atomic E-state index is 11.5. The van der Waals surface area contributed by atoms with Crippen molar-refractivity contribution in [1.29, 1.82) is 0 Å². The van der Waals surface area contributed by atoms with Gasteiger partial charge in [0, 0.05) is 13.0 Å². The Balaban J connectivity index is 3.98. The van der Waals surface area contributed by atoms with Crippen LogP contribution in [0, 0.1) is 0 Å². The van der Waals surface area contributed by atoms with Crippen molar-refractivity contribution in [2.75, 3.05) is 6.61 Å². The number of Topliss-reactive ketones (excluding diaryl/α,β-unsaturated/α-hetero) is 1. The molecule has 0 N–H and O–H groups in total. The molecule has 0 aliphatic rings. The molecule has 0 heterocycles. The van der Waals surface area contributed by atoms with Crippen molar-refractivity contribution in [3.63, 3.8) is 0 Å². The summed E-state index contributed by atoms with van der Waals surface area (Å²) in [7, 11) is 0. The molecule has 1 atom stereocenters. The molecule has 2 heteroatoms. The zero-order chi connectivity index (χ0) is 10.3. The van der Waals surface area contributed by atoms with Crippen LogP contribution in [-0.4, -0.2) is 18.5 Å². The number of allylic oxidation sites excluding steroid dienone is 1. The van der Waals surface area contributed by atoms with Crippen LogP contribution in [0.1, 0.15) is 40.0 Å². The zero-order valence-corrected chi connectivity index (χ0v) is 8.93. The van der Waals surface area contributed by atoms with E-state index in [2.05, 4.69) is 6.58 Å². The van der Waals surface area contributed by atoms with Crippen molar-refractivity contribution < 1.29 is 9.53 Å². The van der Waals surface area contributed by atoms with E-state index in [1.165, 1.54) is 0 Å². The minimum Gasteiger partial charge on any atom is -0.371 e. The summed E-state index contributed by atoms with van der Waals surface area (Å²) in [5, 5.41) is 0. The van der Waals surface area contributed by atoms with Crippen LogP contribution in [0.15, 0.2) is 12.2 Å². The molecular weight excluding hydrogens is 164 g/mol. The molecule has 0 radical (unpaired) electrons. The average Bonchev–Trinajstić information content (AvgIpc) is 2.13. The van der Waals surface area contributed by atoms with Gasteiger partial charge in [0.1, 0.15) is 6.10 Å². The van der Waals surface area contributed by atoms with Crippen LogP contribution in [0.3, 0.4) is 0 Å². The topological polar surface area (TPSA) is 26.3 Å². The Morgan fingerprint density at radius 1 is 1.38 bits per heavy atom. The highest BCUT2D eigenvalue weighted by Crippen LogP contribution is 2.09. The van der Waals surface area contributed by atoms with Gasteiger partial charge in [-0.2, -0.15) is 0 Å². The first-order chi connectivity index (χ1) is 6.15. The van der Waals surface area contributed by atoms with Crippen LogP contribution in [-0.2, 0) is 9.53 Å². The third-order valence-corrected chi connectivity index (χ3v) is 2.02. The molecule has 0 saturated carbocycles. The van der Waals surface area contributed by atoms with E-state index in [9.17, 15) is 4.79 Å². The third-order valence-electron chi connectivity index (χ3n) is 2.02. The molecule has 0 bridgehead atoms. The molecular formula is C11H20O2. The van der Waals surface area contributed by atoms with E-state index >= 15 is 0 Å². The van der Waals surface area contributed by atoms with Gasteiger partial charge in [-0.25, -0.2) is 0 Å². The van der Waals surface area contributed by atoms with E-state index < -0.39 is 0 Å². The number of hydrogen-bond acceptors (Lipinski definition) is 2. The number of hydrogen-bond donors (Lipinski definition) is 0.